The number of hydrogen-bond donors (Lipinski definition) is 1. The first-order valence-corrected chi connectivity index (χ1v) is 3.45. The number of pyridine rings is 1. The summed E-state index contributed by atoms with van der Waals surface area (Å²) in [6.45, 7) is 0.813. The van der Waals surface area contributed by atoms with Crippen molar-refractivity contribution in [3.8, 4) is 0 Å². The van der Waals surface area contributed by atoms with E-state index in [4.69, 9.17) is 11.6 Å². The second-order valence-electron chi connectivity index (χ2n) is 2.04. The van der Waals surface area contributed by atoms with Crippen LogP contribution in [0.3, 0.4) is 0 Å². The van der Waals surface area contributed by atoms with Crippen LogP contribution < -0.4 is 5.32 Å². The Labute approximate surface area is 65.2 Å². The van der Waals surface area contributed by atoms with Gasteiger partial charge in [-0.05, 0) is 18.7 Å². The molecule has 1 aromatic rings. The van der Waals surface area contributed by atoms with Crippen LogP contribution in [0.15, 0.2) is 18.5 Å². The van der Waals surface area contributed by atoms with Gasteiger partial charge in [-0.15, -0.1) is 0 Å². The van der Waals surface area contributed by atoms with E-state index in [2.05, 4.69) is 10.3 Å². The van der Waals surface area contributed by atoms with Gasteiger partial charge in [0, 0.05) is 18.9 Å². The lowest BCUT2D eigenvalue weighted by molar-refractivity contribution is 0.813. The summed E-state index contributed by atoms with van der Waals surface area (Å²) in [7, 11) is 1.89. The summed E-state index contributed by atoms with van der Waals surface area (Å²) >= 11 is 5.69. The molecule has 0 bridgehead atoms. The van der Waals surface area contributed by atoms with Crippen LogP contribution in [0, 0.1) is 0 Å². The van der Waals surface area contributed by atoms with Gasteiger partial charge in [-0.2, -0.15) is 0 Å². The molecule has 1 aromatic heterocycles. The fourth-order valence-electron chi connectivity index (χ4n) is 0.757. The highest BCUT2D eigenvalue weighted by atomic mass is 35.5. The molecule has 0 spiro atoms. The number of rotatable bonds is 2. The summed E-state index contributed by atoms with van der Waals surface area (Å²) in [5.41, 5.74) is 1.11. The zero-order valence-electron chi connectivity index (χ0n) is 5.76. The molecule has 0 aliphatic carbocycles. The Morgan fingerprint density at radius 3 is 3.00 bits per heavy atom. The van der Waals surface area contributed by atoms with E-state index in [0.29, 0.717) is 5.02 Å². The third-order valence-electron chi connectivity index (χ3n) is 1.14. The van der Waals surface area contributed by atoms with Crippen LogP contribution in [0.5, 0.6) is 0 Å². The van der Waals surface area contributed by atoms with Crippen LogP contribution >= 0.6 is 11.6 Å². The first-order valence-electron chi connectivity index (χ1n) is 3.07. The van der Waals surface area contributed by atoms with Gasteiger partial charge in [-0.1, -0.05) is 11.6 Å². The Balaban J connectivity index is 2.75. The molecule has 0 fully saturated rings. The lowest BCUT2D eigenvalue weighted by Crippen LogP contribution is -2.04. The Morgan fingerprint density at radius 1 is 1.60 bits per heavy atom. The molecule has 10 heavy (non-hydrogen) atoms. The van der Waals surface area contributed by atoms with Crippen molar-refractivity contribution < 1.29 is 0 Å². The highest BCUT2D eigenvalue weighted by molar-refractivity contribution is 6.30. The van der Waals surface area contributed by atoms with Gasteiger partial charge in [0.1, 0.15) is 0 Å². The van der Waals surface area contributed by atoms with E-state index in [1.165, 1.54) is 0 Å². The standard InChI is InChI=1S/C7H9ClN2/c1-9-3-6-2-7(8)5-10-4-6/h2,4-5,9H,3H2,1H3. The van der Waals surface area contributed by atoms with Crippen LogP contribution in [0.1, 0.15) is 5.56 Å². The van der Waals surface area contributed by atoms with E-state index in [1.807, 2.05) is 13.1 Å². The molecule has 1 N–H and O–H groups in total. The number of nitrogens with one attached hydrogen (secondary N) is 1. The van der Waals surface area contributed by atoms with Crippen LogP contribution in [0.25, 0.3) is 0 Å². The zero-order chi connectivity index (χ0) is 7.40. The van der Waals surface area contributed by atoms with Crippen molar-refractivity contribution in [3.05, 3.63) is 29.0 Å². The number of halogens is 1. The lowest BCUT2D eigenvalue weighted by atomic mass is 10.3. The molecule has 54 valence electrons. The van der Waals surface area contributed by atoms with Gasteiger partial charge in [-0.25, -0.2) is 0 Å². The molecule has 1 heterocycles. The topological polar surface area (TPSA) is 24.9 Å². The predicted molar refractivity (Wildman–Crippen MR) is 42.0 cm³/mol. The normalized spacial score (nSPS) is 9.80. The van der Waals surface area contributed by atoms with Crippen LogP contribution in [-0.4, -0.2) is 12.0 Å². The lowest BCUT2D eigenvalue weighted by Gasteiger charge is -1.97. The minimum atomic E-state index is 0.688. The Bertz CT molecular complexity index is 213. The van der Waals surface area contributed by atoms with Crippen LogP contribution in [0.4, 0.5) is 0 Å². The average Bonchev–Trinajstić information content (AvgIpc) is 1.88. The van der Waals surface area contributed by atoms with Crippen molar-refractivity contribution in [2.45, 2.75) is 6.54 Å². The van der Waals surface area contributed by atoms with Gasteiger partial charge in [0.25, 0.3) is 0 Å². The molecule has 3 heteroatoms. The summed E-state index contributed by atoms with van der Waals surface area (Å²) < 4.78 is 0. The minimum absolute atomic E-state index is 0.688. The van der Waals surface area contributed by atoms with Crippen molar-refractivity contribution in [1.82, 2.24) is 10.3 Å². The first kappa shape index (κ1) is 7.51. The maximum Gasteiger partial charge on any atom is 0.0592 e. The average molecular weight is 157 g/mol. The quantitative estimate of drug-likeness (QED) is 0.701. The third-order valence-corrected chi connectivity index (χ3v) is 1.35. The van der Waals surface area contributed by atoms with Gasteiger partial charge in [-0.3, -0.25) is 4.98 Å². The highest BCUT2D eigenvalue weighted by Crippen LogP contribution is 2.07. The van der Waals surface area contributed by atoms with Gasteiger partial charge in [0.15, 0.2) is 0 Å². The Morgan fingerprint density at radius 2 is 2.40 bits per heavy atom. The second kappa shape index (κ2) is 3.54. The fraction of sp³-hybridized carbons (Fsp3) is 0.286. The SMILES string of the molecule is CNCc1cncc(Cl)c1. The summed E-state index contributed by atoms with van der Waals surface area (Å²) in [5.74, 6) is 0. The largest absolute Gasteiger partial charge is 0.316 e. The predicted octanol–water partition coefficient (Wildman–Crippen LogP) is 1.45. The summed E-state index contributed by atoms with van der Waals surface area (Å²) in [4.78, 5) is 3.93. The Hall–Kier alpha value is -0.600. The maximum absolute atomic E-state index is 5.69. The van der Waals surface area contributed by atoms with E-state index in [1.54, 1.807) is 12.4 Å². The van der Waals surface area contributed by atoms with Gasteiger partial charge >= 0.3 is 0 Å². The smallest absolute Gasteiger partial charge is 0.0592 e. The van der Waals surface area contributed by atoms with E-state index < -0.39 is 0 Å². The van der Waals surface area contributed by atoms with Crippen molar-refractivity contribution in [2.75, 3.05) is 7.05 Å². The van der Waals surface area contributed by atoms with E-state index in [9.17, 15) is 0 Å². The van der Waals surface area contributed by atoms with Gasteiger partial charge in [0.05, 0.1) is 5.02 Å². The Kier molecular flexibility index (Phi) is 2.66. The van der Waals surface area contributed by atoms with Gasteiger partial charge < -0.3 is 5.32 Å². The van der Waals surface area contributed by atoms with Crippen LogP contribution in [-0.2, 0) is 6.54 Å². The number of hydrogen-bond acceptors (Lipinski definition) is 2. The molecular weight excluding hydrogens is 148 g/mol. The maximum atomic E-state index is 5.69. The van der Waals surface area contributed by atoms with Crippen molar-refractivity contribution in [2.24, 2.45) is 0 Å². The van der Waals surface area contributed by atoms with Crippen molar-refractivity contribution in [3.63, 3.8) is 0 Å². The molecule has 0 atom stereocenters. The monoisotopic (exact) mass is 156 g/mol. The third kappa shape index (κ3) is 1.97. The molecule has 0 amide bonds. The first-order chi connectivity index (χ1) is 4.83. The molecule has 0 aromatic carbocycles. The molecule has 1 rings (SSSR count). The van der Waals surface area contributed by atoms with E-state index in [0.717, 1.165) is 12.1 Å². The van der Waals surface area contributed by atoms with E-state index >= 15 is 0 Å². The van der Waals surface area contributed by atoms with Crippen molar-refractivity contribution in [1.29, 1.82) is 0 Å². The molecule has 0 unspecified atom stereocenters. The molecular formula is C7H9ClN2. The van der Waals surface area contributed by atoms with E-state index in [-0.39, 0.29) is 0 Å². The zero-order valence-corrected chi connectivity index (χ0v) is 6.52. The highest BCUT2D eigenvalue weighted by Gasteiger charge is 1.90. The number of nitrogens with zero attached hydrogens (tertiary/aromatic N) is 1. The number of aromatic nitrogens is 1. The minimum Gasteiger partial charge on any atom is -0.316 e. The molecule has 0 saturated heterocycles. The molecule has 0 radical (unpaired) electrons. The summed E-state index contributed by atoms with van der Waals surface area (Å²) in [6, 6.07) is 1.89. The molecule has 0 aliphatic rings. The fourth-order valence-corrected chi connectivity index (χ4v) is 0.953. The summed E-state index contributed by atoms with van der Waals surface area (Å²) in [5, 5.41) is 3.70. The molecule has 2 nitrogen and oxygen atoms in total. The van der Waals surface area contributed by atoms with Crippen molar-refractivity contribution >= 4 is 11.6 Å². The van der Waals surface area contributed by atoms with Crippen LogP contribution in [0.2, 0.25) is 5.02 Å². The molecule has 0 aliphatic heterocycles. The summed E-state index contributed by atoms with van der Waals surface area (Å²) in [6.07, 6.45) is 3.42. The second-order valence-corrected chi connectivity index (χ2v) is 2.48. The molecule has 0 saturated carbocycles. The van der Waals surface area contributed by atoms with Gasteiger partial charge in [0.2, 0.25) is 0 Å².